The predicted octanol–water partition coefficient (Wildman–Crippen LogP) is 3.59. The van der Waals surface area contributed by atoms with Crippen LogP contribution in [0.4, 0.5) is 0 Å². The van der Waals surface area contributed by atoms with Gasteiger partial charge in [0.2, 0.25) is 0 Å². The van der Waals surface area contributed by atoms with Gasteiger partial charge in [0.05, 0.1) is 12.3 Å². The van der Waals surface area contributed by atoms with E-state index in [4.69, 9.17) is 4.74 Å². The van der Waals surface area contributed by atoms with Gasteiger partial charge in [0.25, 0.3) is 0 Å². The molecule has 0 spiro atoms. The summed E-state index contributed by atoms with van der Waals surface area (Å²) in [5.41, 5.74) is 1.06. The second kappa shape index (κ2) is 8.62. The SMILES string of the molecule is CC(C)CCCOCc1csc(CNC(C)C)n1. The van der Waals surface area contributed by atoms with Crippen LogP contribution in [0.5, 0.6) is 0 Å². The fraction of sp³-hybridized carbons (Fsp3) is 0.786. The van der Waals surface area contributed by atoms with Crippen molar-refractivity contribution in [1.82, 2.24) is 10.3 Å². The first-order valence-electron chi connectivity index (χ1n) is 6.82. The second-order valence-corrected chi connectivity index (χ2v) is 6.30. The number of ether oxygens (including phenoxy) is 1. The van der Waals surface area contributed by atoms with Gasteiger partial charge in [-0.3, -0.25) is 0 Å². The van der Waals surface area contributed by atoms with Crippen molar-refractivity contribution >= 4 is 11.3 Å². The third kappa shape index (κ3) is 7.09. The first-order chi connectivity index (χ1) is 8.58. The van der Waals surface area contributed by atoms with E-state index in [2.05, 4.69) is 43.4 Å². The van der Waals surface area contributed by atoms with E-state index in [9.17, 15) is 0 Å². The van der Waals surface area contributed by atoms with E-state index in [0.29, 0.717) is 12.6 Å². The number of aromatic nitrogens is 1. The van der Waals surface area contributed by atoms with E-state index >= 15 is 0 Å². The molecular weight excluding hydrogens is 244 g/mol. The fourth-order valence-corrected chi connectivity index (χ4v) is 2.29. The minimum Gasteiger partial charge on any atom is -0.375 e. The molecule has 0 fully saturated rings. The molecule has 1 aromatic heterocycles. The number of thiazole rings is 1. The van der Waals surface area contributed by atoms with Gasteiger partial charge in [-0.05, 0) is 18.8 Å². The number of nitrogens with zero attached hydrogens (tertiary/aromatic N) is 1. The van der Waals surface area contributed by atoms with Crippen LogP contribution in [-0.4, -0.2) is 17.6 Å². The molecule has 1 rings (SSSR count). The Morgan fingerprint density at radius 1 is 1.33 bits per heavy atom. The molecule has 0 saturated carbocycles. The molecule has 1 aromatic rings. The maximum absolute atomic E-state index is 5.63. The van der Waals surface area contributed by atoms with Crippen LogP contribution in [0.25, 0.3) is 0 Å². The average Bonchev–Trinajstić information content (AvgIpc) is 2.73. The lowest BCUT2D eigenvalue weighted by Crippen LogP contribution is -2.21. The molecule has 0 amide bonds. The lowest BCUT2D eigenvalue weighted by Gasteiger charge is -2.05. The van der Waals surface area contributed by atoms with E-state index < -0.39 is 0 Å². The van der Waals surface area contributed by atoms with Crippen molar-refractivity contribution in [3.8, 4) is 0 Å². The molecular formula is C14H26N2OS. The monoisotopic (exact) mass is 270 g/mol. The van der Waals surface area contributed by atoms with Crippen LogP contribution in [-0.2, 0) is 17.9 Å². The summed E-state index contributed by atoms with van der Waals surface area (Å²) in [7, 11) is 0. The minimum atomic E-state index is 0.504. The number of rotatable bonds is 9. The Bertz CT molecular complexity index is 323. The van der Waals surface area contributed by atoms with Gasteiger partial charge in [0.15, 0.2) is 0 Å². The zero-order chi connectivity index (χ0) is 13.4. The second-order valence-electron chi connectivity index (χ2n) is 5.36. The van der Waals surface area contributed by atoms with Gasteiger partial charge in [-0.2, -0.15) is 0 Å². The highest BCUT2D eigenvalue weighted by molar-refractivity contribution is 7.09. The first kappa shape index (κ1) is 15.6. The quantitative estimate of drug-likeness (QED) is 0.696. The summed E-state index contributed by atoms with van der Waals surface area (Å²) >= 11 is 1.71. The Hall–Kier alpha value is -0.450. The smallest absolute Gasteiger partial charge is 0.107 e. The van der Waals surface area contributed by atoms with E-state index in [1.807, 2.05) is 0 Å². The molecule has 0 bridgehead atoms. The zero-order valence-corrected chi connectivity index (χ0v) is 12.8. The van der Waals surface area contributed by atoms with Gasteiger partial charge in [-0.1, -0.05) is 27.7 Å². The van der Waals surface area contributed by atoms with Crippen LogP contribution < -0.4 is 5.32 Å². The van der Waals surface area contributed by atoms with Gasteiger partial charge >= 0.3 is 0 Å². The Balaban J connectivity index is 2.15. The van der Waals surface area contributed by atoms with Gasteiger partial charge in [0.1, 0.15) is 5.01 Å². The molecule has 0 aliphatic heterocycles. The third-order valence-electron chi connectivity index (χ3n) is 2.58. The maximum atomic E-state index is 5.63. The van der Waals surface area contributed by atoms with Crippen LogP contribution in [0.1, 0.15) is 51.2 Å². The van der Waals surface area contributed by atoms with Crippen molar-refractivity contribution < 1.29 is 4.74 Å². The van der Waals surface area contributed by atoms with Gasteiger partial charge < -0.3 is 10.1 Å². The van der Waals surface area contributed by atoms with E-state index in [0.717, 1.165) is 36.2 Å². The molecule has 0 aromatic carbocycles. The van der Waals surface area contributed by atoms with Crippen molar-refractivity contribution in [2.75, 3.05) is 6.61 Å². The summed E-state index contributed by atoms with van der Waals surface area (Å²) in [6.45, 7) is 11.1. The summed E-state index contributed by atoms with van der Waals surface area (Å²) in [5, 5.41) is 6.61. The Morgan fingerprint density at radius 2 is 2.11 bits per heavy atom. The molecule has 4 heteroatoms. The summed E-state index contributed by atoms with van der Waals surface area (Å²) < 4.78 is 5.63. The maximum Gasteiger partial charge on any atom is 0.107 e. The van der Waals surface area contributed by atoms with Crippen molar-refractivity contribution in [3.63, 3.8) is 0 Å². The summed E-state index contributed by atoms with van der Waals surface area (Å²) in [5.74, 6) is 0.765. The molecule has 0 saturated heterocycles. The molecule has 1 heterocycles. The molecule has 0 unspecified atom stereocenters. The van der Waals surface area contributed by atoms with Crippen molar-refractivity contribution in [1.29, 1.82) is 0 Å². The average molecular weight is 270 g/mol. The normalized spacial score (nSPS) is 11.7. The van der Waals surface area contributed by atoms with Gasteiger partial charge in [-0.15, -0.1) is 11.3 Å². The molecule has 0 aliphatic rings. The summed E-state index contributed by atoms with van der Waals surface area (Å²) in [6, 6.07) is 0.504. The molecule has 18 heavy (non-hydrogen) atoms. The van der Waals surface area contributed by atoms with Crippen LogP contribution in [0, 0.1) is 5.92 Å². The van der Waals surface area contributed by atoms with E-state index in [1.54, 1.807) is 11.3 Å². The topological polar surface area (TPSA) is 34.1 Å². The van der Waals surface area contributed by atoms with E-state index in [-0.39, 0.29) is 0 Å². The minimum absolute atomic E-state index is 0.504. The lowest BCUT2D eigenvalue weighted by atomic mass is 10.1. The number of nitrogens with one attached hydrogen (secondary N) is 1. The summed E-state index contributed by atoms with van der Waals surface area (Å²) in [6.07, 6.45) is 2.38. The first-order valence-corrected chi connectivity index (χ1v) is 7.70. The standard InChI is InChI=1S/C14H26N2OS/c1-11(2)6-5-7-17-9-13-10-18-14(16-13)8-15-12(3)4/h10-12,15H,5-9H2,1-4H3. The van der Waals surface area contributed by atoms with Crippen molar-refractivity contribution in [2.45, 2.75) is 59.7 Å². The fourth-order valence-electron chi connectivity index (χ4n) is 1.56. The van der Waals surface area contributed by atoms with Crippen LogP contribution in [0.2, 0.25) is 0 Å². The molecule has 104 valence electrons. The summed E-state index contributed by atoms with van der Waals surface area (Å²) in [4.78, 5) is 4.55. The van der Waals surface area contributed by atoms with Crippen molar-refractivity contribution in [2.24, 2.45) is 5.92 Å². The zero-order valence-electron chi connectivity index (χ0n) is 12.0. The highest BCUT2D eigenvalue weighted by Gasteiger charge is 2.03. The van der Waals surface area contributed by atoms with Gasteiger partial charge in [0, 0.05) is 24.6 Å². The highest BCUT2D eigenvalue weighted by atomic mass is 32.1. The number of hydrogen-bond acceptors (Lipinski definition) is 4. The molecule has 1 N–H and O–H groups in total. The molecule has 0 aliphatic carbocycles. The van der Waals surface area contributed by atoms with Gasteiger partial charge in [-0.25, -0.2) is 4.98 Å². The Labute approximate surface area is 115 Å². The molecule has 3 nitrogen and oxygen atoms in total. The van der Waals surface area contributed by atoms with E-state index in [1.165, 1.54) is 6.42 Å². The Kier molecular flexibility index (Phi) is 7.47. The Morgan fingerprint density at radius 3 is 2.78 bits per heavy atom. The van der Waals surface area contributed by atoms with Crippen molar-refractivity contribution in [3.05, 3.63) is 16.1 Å². The predicted molar refractivity (Wildman–Crippen MR) is 77.8 cm³/mol. The highest BCUT2D eigenvalue weighted by Crippen LogP contribution is 2.11. The largest absolute Gasteiger partial charge is 0.375 e. The van der Waals surface area contributed by atoms with Crippen LogP contribution in [0.3, 0.4) is 0 Å². The molecule has 0 atom stereocenters. The third-order valence-corrected chi connectivity index (χ3v) is 3.48. The number of hydrogen-bond donors (Lipinski definition) is 1. The van der Waals surface area contributed by atoms with Crippen LogP contribution >= 0.6 is 11.3 Å². The molecule has 0 radical (unpaired) electrons. The van der Waals surface area contributed by atoms with Crippen LogP contribution in [0.15, 0.2) is 5.38 Å². The lowest BCUT2D eigenvalue weighted by molar-refractivity contribution is 0.112.